The maximum Gasteiger partial charge on any atom is 0.133 e. The third-order valence-corrected chi connectivity index (χ3v) is 3.78. The molecule has 0 unspecified atom stereocenters. The Morgan fingerprint density at radius 1 is 1.40 bits per heavy atom. The summed E-state index contributed by atoms with van der Waals surface area (Å²) in [5.41, 5.74) is 2.52. The van der Waals surface area contributed by atoms with Crippen LogP contribution in [0.15, 0.2) is 24.3 Å². The van der Waals surface area contributed by atoms with Gasteiger partial charge in [0.1, 0.15) is 17.5 Å². The number of benzene rings is 1. The number of aliphatic hydroxyl groups is 1. The standard InChI is InChI=1S/C15H19ClN2O2/c1-4-13(19)11-7-5-6-8-14(11)20-9-12-10(2)17-18(3)15(12)16/h5-8,13,19H,4,9H2,1-3H3/t13-/m1/s1. The quantitative estimate of drug-likeness (QED) is 0.919. The zero-order valence-electron chi connectivity index (χ0n) is 11.9. The molecule has 0 saturated heterocycles. The van der Waals surface area contributed by atoms with E-state index in [1.54, 1.807) is 11.7 Å². The third-order valence-electron chi connectivity index (χ3n) is 3.31. The van der Waals surface area contributed by atoms with E-state index in [9.17, 15) is 5.11 Å². The summed E-state index contributed by atoms with van der Waals surface area (Å²) in [7, 11) is 1.80. The molecule has 108 valence electrons. The molecule has 0 fully saturated rings. The Kier molecular flexibility index (Phi) is 4.68. The van der Waals surface area contributed by atoms with Crippen LogP contribution in [0, 0.1) is 6.92 Å². The zero-order chi connectivity index (χ0) is 14.7. The summed E-state index contributed by atoms with van der Waals surface area (Å²) in [6.07, 6.45) is 0.129. The van der Waals surface area contributed by atoms with Crippen molar-refractivity contribution in [3.8, 4) is 5.75 Å². The molecule has 20 heavy (non-hydrogen) atoms. The fourth-order valence-electron chi connectivity index (χ4n) is 2.09. The normalized spacial score (nSPS) is 12.4. The number of aryl methyl sites for hydroxylation is 2. The molecular weight excluding hydrogens is 276 g/mol. The van der Waals surface area contributed by atoms with E-state index < -0.39 is 6.10 Å². The van der Waals surface area contributed by atoms with Gasteiger partial charge in [-0.25, -0.2) is 0 Å². The second-order valence-electron chi connectivity index (χ2n) is 4.73. The fourth-order valence-corrected chi connectivity index (χ4v) is 2.32. The molecule has 0 spiro atoms. The van der Waals surface area contributed by atoms with Crippen LogP contribution in [0.3, 0.4) is 0 Å². The highest BCUT2D eigenvalue weighted by molar-refractivity contribution is 6.30. The van der Waals surface area contributed by atoms with Crippen LogP contribution >= 0.6 is 11.6 Å². The maximum absolute atomic E-state index is 10.00. The lowest BCUT2D eigenvalue weighted by atomic mass is 10.1. The Bertz CT molecular complexity index is 596. The molecule has 1 atom stereocenters. The van der Waals surface area contributed by atoms with Crippen molar-refractivity contribution >= 4 is 11.6 Å². The summed E-state index contributed by atoms with van der Waals surface area (Å²) >= 11 is 6.18. The molecular formula is C15H19ClN2O2. The summed E-state index contributed by atoms with van der Waals surface area (Å²) in [6, 6.07) is 7.51. The van der Waals surface area contributed by atoms with Crippen LogP contribution in [0.25, 0.3) is 0 Å². The molecule has 0 amide bonds. The summed E-state index contributed by atoms with van der Waals surface area (Å²) in [6.45, 7) is 4.17. The first-order valence-electron chi connectivity index (χ1n) is 6.62. The molecule has 0 aliphatic rings. The first-order valence-corrected chi connectivity index (χ1v) is 7.00. The van der Waals surface area contributed by atoms with E-state index in [2.05, 4.69) is 5.10 Å². The monoisotopic (exact) mass is 294 g/mol. The number of halogens is 1. The molecule has 1 N–H and O–H groups in total. The van der Waals surface area contributed by atoms with Gasteiger partial charge in [-0.2, -0.15) is 5.10 Å². The average molecular weight is 295 g/mol. The molecule has 0 radical (unpaired) electrons. The van der Waals surface area contributed by atoms with Crippen LogP contribution in [0.2, 0.25) is 5.15 Å². The first-order chi connectivity index (χ1) is 9.54. The molecule has 0 saturated carbocycles. The smallest absolute Gasteiger partial charge is 0.133 e. The van der Waals surface area contributed by atoms with Crippen molar-refractivity contribution < 1.29 is 9.84 Å². The summed E-state index contributed by atoms with van der Waals surface area (Å²) in [4.78, 5) is 0. The van der Waals surface area contributed by atoms with Crippen molar-refractivity contribution in [2.45, 2.75) is 33.0 Å². The molecule has 1 aromatic heterocycles. The second-order valence-corrected chi connectivity index (χ2v) is 5.09. The number of aliphatic hydroxyl groups excluding tert-OH is 1. The van der Waals surface area contributed by atoms with E-state index in [-0.39, 0.29) is 0 Å². The van der Waals surface area contributed by atoms with E-state index in [1.165, 1.54) is 0 Å². The van der Waals surface area contributed by atoms with Gasteiger partial charge in [-0.3, -0.25) is 4.68 Å². The highest BCUT2D eigenvalue weighted by Gasteiger charge is 2.14. The van der Waals surface area contributed by atoms with E-state index >= 15 is 0 Å². The molecule has 0 aliphatic heterocycles. The SMILES string of the molecule is CC[C@@H](O)c1ccccc1OCc1c(C)nn(C)c1Cl. The Labute approximate surface area is 123 Å². The maximum atomic E-state index is 10.00. The van der Waals surface area contributed by atoms with Crippen molar-refractivity contribution in [2.24, 2.45) is 7.05 Å². The molecule has 1 aromatic carbocycles. The number of aromatic nitrogens is 2. The van der Waals surface area contributed by atoms with Gasteiger partial charge in [-0.05, 0) is 19.4 Å². The van der Waals surface area contributed by atoms with Gasteiger partial charge >= 0.3 is 0 Å². The summed E-state index contributed by atoms with van der Waals surface area (Å²) in [5, 5.41) is 14.8. The molecule has 2 aromatic rings. The topological polar surface area (TPSA) is 47.3 Å². The van der Waals surface area contributed by atoms with Crippen molar-refractivity contribution in [1.82, 2.24) is 9.78 Å². The molecule has 0 aliphatic carbocycles. The van der Waals surface area contributed by atoms with Crippen LogP contribution in [-0.4, -0.2) is 14.9 Å². The van der Waals surface area contributed by atoms with Gasteiger partial charge in [0.15, 0.2) is 0 Å². The molecule has 0 bridgehead atoms. The molecule has 2 rings (SSSR count). The van der Waals surface area contributed by atoms with Gasteiger partial charge in [-0.1, -0.05) is 36.7 Å². The number of hydrogen-bond acceptors (Lipinski definition) is 3. The number of nitrogens with zero attached hydrogens (tertiary/aromatic N) is 2. The molecule has 1 heterocycles. The first kappa shape index (κ1) is 14.9. The van der Waals surface area contributed by atoms with Gasteiger partial charge in [-0.15, -0.1) is 0 Å². The lowest BCUT2D eigenvalue weighted by Crippen LogP contribution is -2.03. The van der Waals surface area contributed by atoms with Gasteiger partial charge in [0.05, 0.1) is 11.8 Å². The van der Waals surface area contributed by atoms with E-state index in [0.717, 1.165) is 16.8 Å². The number of rotatable bonds is 5. The Morgan fingerprint density at radius 3 is 2.70 bits per heavy atom. The predicted octanol–water partition coefficient (Wildman–Crippen LogP) is 3.40. The summed E-state index contributed by atoms with van der Waals surface area (Å²) in [5.74, 6) is 0.682. The van der Waals surface area contributed by atoms with Gasteiger partial charge < -0.3 is 9.84 Å². The molecule has 4 nitrogen and oxygen atoms in total. The van der Waals surface area contributed by atoms with Crippen molar-refractivity contribution in [1.29, 1.82) is 0 Å². The van der Waals surface area contributed by atoms with E-state index in [4.69, 9.17) is 16.3 Å². The number of para-hydroxylation sites is 1. The Hall–Kier alpha value is -1.52. The van der Waals surface area contributed by atoms with Gasteiger partial charge in [0, 0.05) is 18.2 Å². The number of hydrogen-bond donors (Lipinski definition) is 1. The van der Waals surface area contributed by atoms with Crippen LogP contribution in [0.4, 0.5) is 0 Å². The second kappa shape index (κ2) is 6.29. The Morgan fingerprint density at radius 2 is 2.10 bits per heavy atom. The van der Waals surface area contributed by atoms with E-state index in [1.807, 2.05) is 38.1 Å². The third kappa shape index (κ3) is 2.97. The molecule has 5 heteroatoms. The lowest BCUT2D eigenvalue weighted by molar-refractivity contribution is 0.166. The van der Waals surface area contributed by atoms with Crippen LogP contribution in [0.5, 0.6) is 5.75 Å². The van der Waals surface area contributed by atoms with Crippen LogP contribution in [0.1, 0.15) is 36.3 Å². The van der Waals surface area contributed by atoms with E-state index in [0.29, 0.717) is 23.9 Å². The zero-order valence-corrected chi connectivity index (χ0v) is 12.7. The van der Waals surface area contributed by atoms with Gasteiger partial charge in [0.2, 0.25) is 0 Å². The lowest BCUT2D eigenvalue weighted by Gasteiger charge is -2.14. The van der Waals surface area contributed by atoms with Gasteiger partial charge in [0.25, 0.3) is 0 Å². The minimum absolute atomic E-state index is 0.339. The van der Waals surface area contributed by atoms with Crippen LogP contribution in [-0.2, 0) is 13.7 Å². The minimum atomic E-state index is -0.517. The highest BCUT2D eigenvalue weighted by Crippen LogP contribution is 2.28. The fraction of sp³-hybridized carbons (Fsp3) is 0.400. The Balaban J connectivity index is 2.19. The average Bonchev–Trinajstić information content (AvgIpc) is 2.70. The number of ether oxygens (including phenoxy) is 1. The van der Waals surface area contributed by atoms with Crippen molar-refractivity contribution in [3.05, 3.63) is 46.2 Å². The van der Waals surface area contributed by atoms with Crippen LogP contribution < -0.4 is 4.74 Å². The summed E-state index contributed by atoms with van der Waals surface area (Å²) < 4.78 is 7.45. The predicted molar refractivity (Wildman–Crippen MR) is 79.0 cm³/mol. The van der Waals surface area contributed by atoms with Crippen molar-refractivity contribution in [2.75, 3.05) is 0 Å². The van der Waals surface area contributed by atoms with Crippen molar-refractivity contribution in [3.63, 3.8) is 0 Å². The minimum Gasteiger partial charge on any atom is -0.488 e. The highest BCUT2D eigenvalue weighted by atomic mass is 35.5. The largest absolute Gasteiger partial charge is 0.488 e.